The molecule has 1 N–H and O–H groups in total. The molecule has 0 spiro atoms. The molecule has 0 fully saturated rings. The molecule has 0 aliphatic rings. The number of hydrogen-bond acceptors (Lipinski definition) is 2. The molecule has 1 unspecified atom stereocenters. The third kappa shape index (κ3) is 3.86. The van der Waals surface area contributed by atoms with Crippen LogP contribution < -0.4 is 10.1 Å². The minimum Gasteiger partial charge on any atom is -0.489 e. The number of benzene rings is 1. The Morgan fingerprint density at radius 3 is 2.44 bits per heavy atom. The first-order chi connectivity index (χ1) is 7.52. The summed E-state index contributed by atoms with van der Waals surface area (Å²) in [6.07, 6.45) is 0.201. The summed E-state index contributed by atoms with van der Waals surface area (Å²) in [5.74, 6) is 1.52. The molecule has 0 aliphatic carbocycles. The standard InChI is InChI=1S/C14H23NO/c1-10(2)13-6-11(3)7-14(8-13)16-12(4)9-15-5/h6-8,10,12,15H,9H2,1-5H3. The van der Waals surface area contributed by atoms with Gasteiger partial charge in [-0.2, -0.15) is 0 Å². The number of likely N-dealkylation sites (N-methyl/N-ethyl adjacent to an activating group) is 1. The van der Waals surface area contributed by atoms with E-state index in [0.717, 1.165) is 12.3 Å². The van der Waals surface area contributed by atoms with Gasteiger partial charge in [0.25, 0.3) is 0 Å². The summed E-state index contributed by atoms with van der Waals surface area (Å²) in [5, 5.41) is 3.11. The predicted molar refractivity (Wildman–Crippen MR) is 69.3 cm³/mol. The molecule has 0 saturated heterocycles. The van der Waals surface area contributed by atoms with Crippen molar-refractivity contribution in [1.29, 1.82) is 0 Å². The SMILES string of the molecule is CNCC(C)Oc1cc(C)cc(C(C)C)c1. The monoisotopic (exact) mass is 221 g/mol. The molecular weight excluding hydrogens is 198 g/mol. The molecule has 0 radical (unpaired) electrons. The minimum atomic E-state index is 0.201. The molecule has 0 aliphatic heterocycles. The maximum atomic E-state index is 5.86. The minimum absolute atomic E-state index is 0.201. The zero-order valence-corrected chi connectivity index (χ0v) is 11.0. The highest BCUT2D eigenvalue weighted by atomic mass is 16.5. The van der Waals surface area contributed by atoms with Gasteiger partial charge in [-0.3, -0.25) is 0 Å². The molecule has 0 aromatic heterocycles. The van der Waals surface area contributed by atoms with Gasteiger partial charge in [-0.1, -0.05) is 19.9 Å². The number of rotatable bonds is 5. The molecule has 0 saturated carbocycles. The molecule has 0 amide bonds. The molecule has 0 bridgehead atoms. The zero-order valence-electron chi connectivity index (χ0n) is 11.0. The Morgan fingerprint density at radius 2 is 1.88 bits per heavy atom. The largest absolute Gasteiger partial charge is 0.489 e. The normalized spacial score (nSPS) is 12.9. The van der Waals surface area contributed by atoms with E-state index in [4.69, 9.17) is 4.74 Å². The fourth-order valence-electron chi connectivity index (χ4n) is 1.74. The lowest BCUT2D eigenvalue weighted by molar-refractivity contribution is 0.220. The second-order valence-corrected chi connectivity index (χ2v) is 4.72. The maximum absolute atomic E-state index is 5.86. The molecule has 2 heteroatoms. The Morgan fingerprint density at radius 1 is 1.19 bits per heavy atom. The number of ether oxygens (including phenoxy) is 1. The number of nitrogens with one attached hydrogen (secondary N) is 1. The van der Waals surface area contributed by atoms with Gasteiger partial charge in [-0.05, 0) is 50.1 Å². The van der Waals surface area contributed by atoms with Crippen LogP contribution in [0.1, 0.15) is 37.8 Å². The molecule has 1 atom stereocenters. The first-order valence-corrected chi connectivity index (χ1v) is 5.95. The fraction of sp³-hybridized carbons (Fsp3) is 0.571. The van der Waals surface area contributed by atoms with Crippen LogP contribution in [0, 0.1) is 6.92 Å². The van der Waals surface area contributed by atoms with Crippen molar-refractivity contribution in [2.75, 3.05) is 13.6 Å². The van der Waals surface area contributed by atoms with Gasteiger partial charge >= 0.3 is 0 Å². The highest BCUT2D eigenvalue weighted by molar-refractivity contribution is 5.35. The highest BCUT2D eigenvalue weighted by Gasteiger charge is 2.06. The van der Waals surface area contributed by atoms with Gasteiger partial charge in [0.05, 0.1) is 0 Å². The summed E-state index contributed by atoms with van der Waals surface area (Å²) >= 11 is 0. The number of aryl methyl sites for hydroxylation is 1. The lowest BCUT2D eigenvalue weighted by Gasteiger charge is -2.16. The molecule has 1 rings (SSSR count). The Balaban J connectivity index is 2.80. The van der Waals surface area contributed by atoms with Crippen molar-refractivity contribution >= 4 is 0 Å². The van der Waals surface area contributed by atoms with Gasteiger partial charge in [-0.25, -0.2) is 0 Å². The Bertz CT molecular complexity index is 334. The van der Waals surface area contributed by atoms with Gasteiger partial charge in [0, 0.05) is 6.54 Å². The van der Waals surface area contributed by atoms with E-state index in [9.17, 15) is 0 Å². The summed E-state index contributed by atoms with van der Waals surface area (Å²) in [6, 6.07) is 6.46. The van der Waals surface area contributed by atoms with Crippen LogP contribution in [-0.2, 0) is 0 Å². The van der Waals surface area contributed by atoms with Crippen molar-refractivity contribution in [2.45, 2.75) is 39.7 Å². The second kappa shape index (κ2) is 5.90. The quantitative estimate of drug-likeness (QED) is 0.825. The van der Waals surface area contributed by atoms with Crippen LogP contribution >= 0.6 is 0 Å². The third-order valence-corrected chi connectivity index (χ3v) is 2.57. The summed E-state index contributed by atoms with van der Waals surface area (Å²) in [6.45, 7) is 9.46. The van der Waals surface area contributed by atoms with Crippen LogP contribution in [0.4, 0.5) is 0 Å². The van der Waals surface area contributed by atoms with Crippen LogP contribution in [0.15, 0.2) is 18.2 Å². The van der Waals surface area contributed by atoms with Crippen molar-refractivity contribution in [3.8, 4) is 5.75 Å². The van der Waals surface area contributed by atoms with Crippen molar-refractivity contribution in [2.24, 2.45) is 0 Å². The predicted octanol–water partition coefficient (Wildman–Crippen LogP) is 3.11. The summed E-state index contributed by atoms with van der Waals surface area (Å²) < 4.78 is 5.86. The summed E-state index contributed by atoms with van der Waals surface area (Å²) in [7, 11) is 1.94. The van der Waals surface area contributed by atoms with E-state index < -0.39 is 0 Å². The van der Waals surface area contributed by atoms with Crippen molar-refractivity contribution in [3.63, 3.8) is 0 Å². The molecule has 0 heterocycles. The van der Waals surface area contributed by atoms with E-state index in [1.54, 1.807) is 0 Å². The highest BCUT2D eigenvalue weighted by Crippen LogP contribution is 2.23. The van der Waals surface area contributed by atoms with Crippen molar-refractivity contribution in [3.05, 3.63) is 29.3 Å². The molecule has 2 nitrogen and oxygen atoms in total. The lowest BCUT2D eigenvalue weighted by Crippen LogP contribution is -2.26. The van der Waals surface area contributed by atoms with E-state index >= 15 is 0 Å². The first-order valence-electron chi connectivity index (χ1n) is 5.95. The molecule has 90 valence electrons. The lowest BCUT2D eigenvalue weighted by atomic mass is 10.0. The Labute approximate surface area is 99.0 Å². The zero-order chi connectivity index (χ0) is 12.1. The molecular formula is C14H23NO. The maximum Gasteiger partial charge on any atom is 0.120 e. The average Bonchev–Trinajstić information content (AvgIpc) is 2.16. The van der Waals surface area contributed by atoms with Gasteiger partial charge in [0.2, 0.25) is 0 Å². The van der Waals surface area contributed by atoms with E-state index in [1.165, 1.54) is 11.1 Å². The van der Waals surface area contributed by atoms with Crippen LogP contribution in [0.2, 0.25) is 0 Å². The van der Waals surface area contributed by atoms with E-state index in [2.05, 4.69) is 51.2 Å². The second-order valence-electron chi connectivity index (χ2n) is 4.72. The summed E-state index contributed by atoms with van der Waals surface area (Å²) in [5.41, 5.74) is 2.60. The average molecular weight is 221 g/mol. The van der Waals surface area contributed by atoms with Gasteiger partial charge in [0.15, 0.2) is 0 Å². The van der Waals surface area contributed by atoms with Gasteiger partial charge < -0.3 is 10.1 Å². The topological polar surface area (TPSA) is 21.3 Å². The van der Waals surface area contributed by atoms with Gasteiger partial charge in [-0.15, -0.1) is 0 Å². The Hall–Kier alpha value is -1.02. The van der Waals surface area contributed by atoms with Crippen LogP contribution in [0.25, 0.3) is 0 Å². The van der Waals surface area contributed by atoms with Crippen molar-refractivity contribution < 1.29 is 4.74 Å². The van der Waals surface area contributed by atoms with Crippen LogP contribution in [0.5, 0.6) is 5.75 Å². The fourth-order valence-corrected chi connectivity index (χ4v) is 1.74. The smallest absolute Gasteiger partial charge is 0.120 e. The van der Waals surface area contributed by atoms with Crippen LogP contribution in [0.3, 0.4) is 0 Å². The third-order valence-electron chi connectivity index (χ3n) is 2.57. The summed E-state index contributed by atoms with van der Waals surface area (Å²) in [4.78, 5) is 0. The van der Waals surface area contributed by atoms with Gasteiger partial charge in [0.1, 0.15) is 11.9 Å². The van der Waals surface area contributed by atoms with E-state index in [-0.39, 0.29) is 6.10 Å². The molecule has 1 aromatic carbocycles. The van der Waals surface area contributed by atoms with E-state index in [1.807, 2.05) is 7.05 Å². The van der Waals surface area contributed by atoms with Crippen molar-refractivity contribution in [1.82, 2.24) is 5.32 Å². The Kier molecular flexibility index (Phi) is 4.81. The molecule has 1 aromatic rings. The van der Waals surface area contributed by atoms with Crippen LogP contribution in [-0.4, -0.2) is 19.7 Å². The first kappa shape index (κ1) is 13.0. The molecule has 16 heavy (non-hydrogen) atoms. The number of hydrogen-bond donors (Lipinski definition) is 1. The van der Waals surface area contributed by atoms with E-state index in [0.29, 0.717) is 5.92 Å².